The fourth-order valence-electron chi connectivity index (χ4n) is 3.94. The van der Waals surface area contributed by atoms with E-state index < -0.39 is 4.92 Å². The normalized spacial score (nSPS) is 13.8. The van der Waals surface area contributed by atoms with Gasteiger partial charge in [0.1, 0.15) is 12.1 Å². The Morgan fingerprint density at radius 2 is 1.85 bits per heavy atom. The van der Waals surface area contributed by atoms with Gasteiger partial charge in [0.05, 0.1) is 17.7 Å². The van der Waals surface area contributed by atoms with E-state index in [1.54, 1.807) is 22.8 Å². The molecule has 1 amide bonds. The van der Waals surface area contributed by atoms with Gasteiger partial charge in [-0.2, -0.15) is 4.68 Å². The molecule has 0 bridgehead atoms. The van der Waals surface area contributed by atoms with Crippen LogP contribution >= 0.6 is 0 Å². The van der Waals surface area contributed by atoms with Crippen molar-refractivity contribution in [2.75, 3.05) is 38.2 Å². The lowest BCUT2D eigenvalue weighted by molar-refractivity contribution is -0.384. The molecule has 0 saturated carbocycles. The van der Waals surface area contributed by atoms with Gasteiger partial charge in [-0.1, -0.05) is 17.3 Å². The number of benzene rings is 2. The number of aromatic nitrogens is 5. The highest BCUT2D eigenvalue weighted by Gasteiger charge is 2.26. The maximum Gasteiger partial charge on any atom is 0.270 e. The summed E-state index contributed by atoms with van der Waals surface area (Å²) in [7, 11) is 1.60. The van der Waals surface area contributed by atoms with Crippen molar-refractivity contribution in [1.82, 2.24) is 29.9 Å². The number of methoxy groups -OCH3 is 1. The van der Waals surface area contributed by atoms with Gasteiger partial charge in [-0.3, -0.25) is 14.9 Å². The summed E-state index contributed by atoms with van der Waals surface area (Å²) >= 11 is 0. The highest BCUT2D eigenvalue weighted by Crippen LogP contribution is 2.25. The van der Waals surface area contributed by atoms with E-state index in [9.17, 15) is 14.9 Å². The fraction of sp³-hybridized carbons (Fsp3) is 0.227. The van der Waals surface area contributed by atoms with Crippen LogP contribution in [-0.4, -0.2) is 74.0 Å². The Labute approximate surface area is 193 Å². The molecular formula is C22H20N8O4. The lowest BCUT2D eigenvalue weighted by Crippen LogP contribution is -2.49. The smallest absolute Gasteiger partial charge is 0.270 e. The Kier molecular flexibility index (Phi) is 5.46. The predicted molar refractivity (Wildman–Crippen MR) is 122 cm³/mol. The molecule has 172 valence electrons. The maximum absolute atomic E-state index is 12.9. The number of nitro groups is 1. The molecular weight excluding hydrogens is 440 g/mol. The number of amides is 1. The molecule has 1 saturated heterocycles. The predicted octanol–water partition coefficient (Wildman–Crippen LogP) is 2.09. The summed E-state index contributed by atoms with van der Waals surface area (Å²) in [6.45, 7) is 1.94. The number of carbonyl (C=O) groups is 1. The molecule has 4 aromatic rings. The first-order valence-corrected chi connectivity index (χ1v) is 10.5. The summed E-state index contributed by atoms with van der Waals surface area (Å²) in [6.07, 6.45) is 1.47. The van der Waals surface area contributed by atoms with Gasteiger partial charge < -0.3 is 14.5 Å². The van der Waals surface area contributed by atoms with E-state index >= 15 is 0 Å². The van der Waals surface area contributed by atoms with Crippen LogP contribution in [0.4, 0.5) is 11.5 Å². The number of carbonyl (C=O) groups excluding carboxylic acids is 1. The highest BCUT2D eigenvalue weighted by molar-refractivity contribution is 5.95. The zero-order valence-electron chi connectivity index (χ0n) is 18.2. The molecule has 2 aromatic heterocycles. The van der Waals surface area contributed by atoms with Crippen molar-refractivity contribution >= 4 is 28.6 Å². The minimum atomic E-state index is -0.506. The van der Waals surface area contributed by atoms with Crippen molar-refractivity contribution in [2.45, 2.75) is 0 Å². The number of ether oxygens (including phenoxy) is 1. The molecule has 5 rings (SSSR count). The maximum atomic E-state index is 12.9. The SMILES string of the molecule is COc1cccc(-n2nnc3c(N4CCN(C(=O)c5cccc([N+](=O)[O-])c5)CC4)ncnc32)c1. The van der Waals surface area contributed by atoms with Crippen LogP contribution in [0.5, 0.6) is 5.75 Å². The summed E-state index contributed by atoms with van der Waals surface area (Å²) in [4.78, 5) is 35.9. The average Bonchev–Trinajstić information content (AvgIpc) is 3.33. The zero-order valence-corrected chi connectivity index (χ0v) is 18.2. The zero-order chi connectivity index (χ0) is 23.7. The first-order valence-electron chi connectivity index (χ1n) is 10.5. The van der Waals surface area contributed by atoms with E-state index in [4.69, 9.17) is 4.74 Å². The fourth-order valence-corrected chi connectivity index (χ4v) is 3.94. The molecule has 0 radical (unpaired) electrons. The number of fused-ring (bicyclic) bond motifs is 1. The topological polar surface area (TPSA) is 132 Å². The summed E-state index contributed by atoms with van der Waals surface area (Å²) < 4.78 is 6.93. The van der Waals surface area contributed by atoms with Gasteiger partial charge in [0.2, 0.25) is 0 Å². The van der Waals surface area contributed by atoms with Crippen molar-refractivity contribution in [2.24, 2.45) is 0 Å². The monoisotopic (exact) mass is 460 g/mol. The number of nitro benzene ring substituents is 1. The largest absolute Gasteiger partial charge is 0.497 e. The third kappa shape index (κ3) is 3.85. The molecule has 12 heteroatoms. The Bertz CT molecular complexity index is 1380. The van der Waals surface area contributed by atoms with Gasteiger partial charge in [0.25, 0.3) is 11.6 Å². The molecule has 0 aliphatic carbocycles. The number of hydrogen-bond donors (Lipinski definition) is 0. The van der Waals surface area contributed by atoms with Gasteiger partial charge in [0, 0.05) is 49.9 Å². The van der Waals surface area contributed by atoms with Crippen LogP contribution in [0.25, 0.3) is 16.9 Å². The standard InChI is InChI=1S/C22H20N8O4/c1-34-18-7-3-5-16(13-18)29-21-19(25-26-29)20(23-14-24-21)27-8-10-28(11-9-27)22(31)15-4-2-6-17(12-15)30(32)33/h2-7,12-14H,8-11H2,1H3. The van der Waals surface area contributed by atoms with E-state index in [2.05, 4.69) is 20.3 Å². The summed E-state index contributed by atoms with van der Waals surface area (Å²) in [5, 5.41) is 19.6. The van der Waals surface area contributed by atoms with Crippen LogP contribution in [0.1, 0.15) is 10.4 Å². The minimum Gasteiger partial charge on any atom is -0.497 e. The van der Waals surface area contributed by atoms with Gasteiger partial charge >= 0.3 is 0 Å². The molecule has 0 spiro atoms. The van der Waals surface area contributed by atoms with Gasteiger partial charge in [-0.15, -0.1) is 5.10 Å². The molecule has 0 unspecified atom stereocenters. The average molecular weight is 460 g/mol. The van der Waals surface area contributed by atoms with Crippen molar-refractivity contribution in [1.29, 1.82) is 0 Å². The van der Waals surface area contributed by atoms with Crippen molar-refractivity contribution in [3.8, 4) is 11.4 Å². The molecule has 3 heterocycles. The Hall–Kier alpha value is -4.61. The Balaban J connectivity index is 1.35. The minimum absolute atomic E-state index is 0.105. The highest BCUT2D eigenvalue weighted by atomic mass is 16.6. The number of anilines is 1. The number of rotatable bonds is 5. The Morgan fingerprint density at radius 3 is 2.62 bits per heavy atom. The lowest BCUT2D eigenvalue weighted by Gasteiger charge is -2.35. The lowest BCUT2D eigenvalue weighted by atomic mass is 10.1. The summed E-state index contributed by atoms with van der Waals surface area (Å²) in [5.41, 5.74) is 2.08. The summed E-state index contributed by atoms with van der Waals surface area (Å²) in [5.74, 6) is 1.10. The molecule has 0 N–H and O–H groups in total. The Morgan fingerprint density at radius 1 is 1.06 bits per heavy atom. The van der Waals surface area contributed by atoms with E-state index in [0.717, 1.165) is 5.69 Å². The molecule has 1 aliphatic heterocycles. The van der Waals surface area contributed by atoms with Crippen LogP contribution < -0.4 is 9.64 Å². The van der Waals surface area contributed by atoms with E-state index in [1.807, 2.05) is 29.2 Å². The molecule has 2 aromatic carbocycles. The van der Waals surface area contributed by atoms with Crippen LogP contribution in [0.15, 0.2) is 54.9 Å². The molecule has 1 aliphatic rings. The van der Waals surface area contributed by atoms with E-state index in [1.165, 1.54) is 24.5 Å². The van der Waals surface area contributed by atoms with Crippen molar-refractivity contribution < 1.29 is 14.5 Å². The summed E-state index contributed by atoms with van der Waals surface area (Å²) in [6, 6.07) is 13.2. The first-order chi connectivity index (χ1) is 16.5. The van der Waals surface area contributed by atoms with Crippen LogP contribution in [0.2, 0.25) is 0 Å². The van der Waals surface area contributed by atoms with Crippen LogP contribution in [0, 0.1) is 10.1 Å². The van der Waals surface area contributed by atoms with Gasteiger partial charge in [-0.05, 0) is 18.2 Å². The first kappa shape index (κ1) is 21.2. The third-order valence-corrected chi connectivity index (χ3v) is 5.69. The second kappa shape index (κ2) is 8.73. The van der Waals surface area contributed by atoms with Crippen molar-refractivity contribution in [3.05, 3.63) is 70.5 Å². The molecule has 1 fully saturated rings. The number of nitrogens with zero attached hydrogens (tertiary/aromatic N) is 8. The second-order valence-corrected chi connectivity index (χ2v) is 7.66. The van der Waals surface area contributed by atoms with Gasteiger partial charge in [0.15, 0.2) is 17.0 Å². The number of non-ortho nitro benzene ring substituents is 1. The van der Waals surface area contributed by atoms with Crippen molar-refractivity contribution in [3.63, 3.8) is 0 Å². The van der Waals surface area contributed by atoms with Crippen LogP contribution in [0.3, 0.4) is 0 Å². The quantitative estimate of drug-likeness (QED) is 0.324. The third-order valence-electron chi connectivity index (χ3n) is 5.69. The molecule has 0 atom stereocenters. The van der Waals surface area contributed by atoms with E-state index in [0.29, 0.717) is 54.5 Å². The molecule has 34 heavy (non-hydrogen) atoms. The number of piperazine rings is 1. The number of hydrogen-bond acceptors (Lipinski definition) is 9. The van der Waals surface area contributed by atoms with Crippen LogP contribution in [-0.2, 0) is 0 Å². The second-order valence-electron chi connectivity index (χ2n) is 7.66. The van der Waals surface area contributed by atoms with E-state index in [-0.39, 0.29) is 11.6 Å². The van der Waals surface area contributed by atoms with Gasteiger partial charge in [-0.25, -0.2) is 9.97 Å². The molecule has 12 nitrogen and oxygen atoms in total.